The fourth-order valence-corrected chi connectivity index (χ4v) is 2.03. The molecular formula is C15H20F2O. The van der Waals surface area contributed by atoms with Gasteiger partial charge in [0, 0.05) is 6.42 Å². The van der Waals surface area contributed by atoms with Crippen LogP contribution in [0.4, 0.5) is 8.78 Å². The van der Waals surface area contributed by atoms with Crippen molar-refractivity contribution in [3.8, 4) is 0 Å². The van der Waals surface area contributed by atoms with E-state index < -0.39 is 11.6 Å². The average Bonchev–Trinajstić information content (AvgIpc) is 2.37. The third-order valence-electron chi connectivity index (χ3n) is 3.25. The Morgan fingerprint density at radius 2 is 2.00 bits per heavy atom. The zero-order valence-electron chi connectivity index (χ0n) is 11.0. The second-order valence-electron chi connectivity index (χ2n) is 4.67. The zero-order valence-corrected chi connectivity index (χ0v) is 11.0. The minimum Gasteiger partial charge on any atom is -0.294 e. The minimum absolute atomic E-state index is 0.120. The van der Waals surface area contributed by atoms with Gasteiger partial charge in [-0.2, -0.15) is 0 Å². The van der Waals surface area contributed by atoms with E-state index in [1.165, 1.54) is 0 Å². The fourth-order valence-electron chi connectivity index (χ4n) is 2.03. The maximum atomic E-state index is 13.4. The van der Waals surface area contributed by atoms with E-state index in [1.54, 1.807) is 0 Å². The highest BCUT2D eigenvalue weighted by molar-refractivity contribution is 5.96. The van der Waals surface area contributed by atoms with Crippen LogP contribution in [0.2, 0.25) is 0 Å². The van der Waals surface area contributed by atoms with Crippen molar-refractivity contribution in [2.24, 2.45) is 5.92 Å². The predicted molar refractivity (Wildman–Crippen MR) is 68.6 cm³/mol. The van der Waals surface area contributed by atoms with Gasteiger partial charge < -0.3 is 0 Å². The maximum absolute atomic E-state index is 13.4. The van der Waals surface area contributed by atoms with Crippen LogP contribution in [0, 0.1) is 17.6 Å². The first-order valence-corrected chi connectivity index (χ1v) is 6.56. The van der Waals surface area contributed by atoms with E-state index in [-0.39, 0.29) is 17.3 Å². The molecule has 0 radical (unpaired) electrons. The van der Waals surface area contributed by atoms with Gasteiger partial charge in [0.25, 0.3) is 0 Å². The van der Waals surface area contributed by atoms with Crippen LogP contribution in [0.25, 0.3) is 0 Å². The highest BCUT2D eigenvalue weighted by Crippen LogP contribution is 2.21. The monoisotopic (exact) mass is 254 g/mol. The molecule has 0 amide bonds. The molecule has 0 aliphatic carbocycles. The van der Waals surface area contributed by atoms with Crippen molar-refractivity contribution in [1.29, 1.82) is 0 Å². The molecule has 0 saturated heterocycles. The number of benzene rings is 1. The summed E-state index contributed by atoms with van der Waals surface area (Å²) < 4.78 is 26.4. The van der Waals surface area contributed by atoms with E-state index >= 15 is 0 Å². The van der Waals surface area contributed by atoms with Crippen molar-refractivity contribution in [3.63, 3.8) is 0 Å². The van der Waals surface area contributed by atoms with Crippen LogP contribution in [0.15, 0.2) is 18.2 Å². The molecule has 0 N–H and O–H groups in total. The highest BCUT2D eigenvalue weighted by atomic mass is 19.1. The number of ketones is 1. The summed E-state index contributed by atoms with van der Waals surface area (Å²) in [5, 5.41) is 0. The van der Waals surface area contributed by atoms with Crippen LogP contribution < -0.4 is 0 Å². The van der Waals surface area contributed by atoms with Crippen molar-refractivity contribution in [2.75, 3.05) is 0 Å². The summed E-state index contributed by atoms with van der Waals surface area (Å²) in [7, 11) is 0. The molecule has 1 atom stereocenters. The molecule has 0 aliphatic rings. The Morgan fingerprint density at radius 3 is 2.61 bits per heavy atom. The van der Waals surface area contributed by atoms with Gasteiger partial charge in [0.05, 0.1) is 5.56 Å². The molecule has 1 aromatic rings. The molecule has 18 heavy (non-hydrogen) atoms. The van der Waals surface area contributed by atoms with Crippen LogP contribution in [0.3, 0.4) is 0 Å². The highest BCUT2D eigenvalue weighted by Gasteiger charge is 2.17. The number of unbranched alkanes of at least 4 members (excludes halogenated alkanes) is 1. The molecule has 0 aromatic heterocycles. The van der Waals surface area contributed by atoms with Gasteiger partial charge >= 0.3 is 0 Å². The summed E-state index contributed by atoms with van der Waals surface area (Å²) >= 11 is 0. The molecule has 3 heteroatoms. The molecule has 0 aliphatic heterocycles. The van der Waals surface area contributed by atoms with Gasteiger partial charge in [0.2, 0.25) is 0 Å². The van der Waals surface area contributed by atoms with Crippen molar-refractivity contribution in [3.05, 3.63) is 35.4 Å². The normalized spacial score (nSPS) is 12.4. The minimum atomic E-state index is -0.633. The van der Waals surface area contributed by atoms with Gasteiger partial charge in [-0.1, -0.05) is 39.5 Å². The first kappa shape index (κ1) is 14.8. The lowest BCUT2D eigenvalue weighted by Gasteiger charge is -2.13. The van der Waals surface area contributed by atoms with Gasteiger partial charge in [0.1, 0.15) is 11.6 Å². The first-order chi connectivity index (χ1) is 8.58. The van der Waals surface area contributed by atoms with Crippen LogP contribution in [0.5, 0.6) is 0 Å². The predicted octanol–water partition coefficient (Wildman–Crippen LogP) is 4.75. The van der Waals surface area contributed by atoms with Crippen LogP contribution in [-0.4, -0.2) is 5.78 Å². The van der Waals surface area contributed by atoms with E-state index in [2.05, 4.69) is 6.92 Å². The molecule has 0 heterocycles. The van der Waals surface area contributed by atoms with Crippen molar-refractivity contribution < 1.29 is 13.6 Å². The fraction of sp³-hybridized carbons (Fsp3) is 0.533. The topological polar surface area (TPSA) is 17.1 Å². The summed E-state index contributed by atoms with van der Waals surface area (Å²) in [6, 6.07) is 3.03. The number of halogens is 2. The first-order valence-electron chi connectivity index (χ1n) is 6.56. The standard InChI is InChI=1S/C15H20F2O/c1-3-5-6-11(4-2)9-15(18)13-10-12(16)7-8-14(13)17/h7-8,10-11H,3-6,9H2,1-2H3. The molecule has 0 saturated carbocycles. The largest absolute Gasteiger partial charge is 0.294 e. The zero-order chi connectivity index (χ0) is 13.5. The van der Waals surface area contributed by atoms with Crippen molar-refractivity contribution in [2.45, 2.75) is 46.0 Å². The van der Waals surface area contributed by atoms with E-state index in [0.29, 0.717) is 6.42 Å². The SMILES string of the molecule is CCCCC(CC)CC(=O)c1cc(F)ccc1F. The summed E-state index contributed by atoms with van der Waals surface area (Å²) in [6.07, 6.45) is 4.31. The Labute approximate surface area is 107 Å². The molecule has 0 bridgehead atoms. The molecule has 1 unspecified atom stereocenters. The quantitative estimate of drug-likeness (QED) is 0.641. The molecule has 100 valence electrons. The molecule has 1 rings (SSSR count). The molecule has 0 fully saturated rings. The van der Waals surface area contributed by atoms with E-state index in [1.807, 2.05) is 6.92 Å². The Balaban J connectivity index is 2.71. The molecule has 0 spiro atoms. The maximum Gasteiger partial charge on any atom is 0.166 e. The third kappa shape index (κ3) is 4.21. The van der Waals surface area contributed by atoms with Crippen LogP contribution in [-0.2, 0) is 0 Å². The number of carbonyl (C=O) groups excluding carboxylic acids is 1. The third-order valence-corrected chi connectivity index (χ3v) is 3.25. The lowest BCUT2D eigenvalue weighted by Crippen LogP contribution is -2.10. The Bertz CT molecular complexity index is 401. The smallest absolute Gasteiger partial charge is 0.166 e. The summed E-state index contributed by atoms with van der Waals surface area (Å²) in [4.78, 5) is 11.9. The average molecular weight is 254 g/mol. The number of hydrogen-bond acceptors (Lipinski definition) is 1. The number of Topliss-reactive ketones (excluding diaryl/α,β-unsaturated/α-hetero) is 1. The van der Waals surface area contributed by atoms with Gasteiger partial charge in [-0.05, 0) is 24.1 Å². The number of hydrogen-bond donors (Lipinski definition) is 0. The van der Waals surface area contributed by atoms with E-state index in [9.17, 15) is 13.6 Å². The van der Waals surface area contributed by atoms with Crippen LogP contribution in [0.1, 0.15) is 56.3 Å². The second-order valence-corrected chi connectivity index (χ2v) is 4.67. The number of carbonyl (C=O) groups is 1. The van der Waals surface area contributed by atoms with E-state index in [0.717, 1.165) is 43.9 Å². The molecular weight excluding hydrogens is 234 g/mol. The summed E-state index contributed by atoms with van der Waals surface area (Å²) in [5.74, 6) is -1.23. The number of rotatable bonds is 7. The molecule has 1 aromatic carbocycles. The molecule has 1 nitrogen and oxygen atoms in total. The van der Waals surface area contributed by atoms with Gasteiger partial charge in [-0.25, -0.2) is 8.78 Å². The second kappa shape index (κ2) is 7.24. The summed E-state index contributed by atoms with van der Waals surface area (Å²) in [6.45, 7) is 4.12. The van der Waals surface area contributed by atoms with Gasteiger partial charge in [-0.3, -0.25) is 4.79 Å². The lowest BCUT2D eigenvalue weighted by atomic mass is 9.91. The lowest BCUT2D eigenvalue weighted by molar-refractivity contribution is 0.0952. The van der Waals surface area contributed by atoms with Crippen LogP contribution >= 0.6 is 0 Å². The van der Waals surface area contributed by atoms with Gasteiger partial charge in [0.15, 0.2) is 5.78 Å². The van der Waals surface area contributed by atoms with Gasteiger partial charge in [-0.15, -0.1) is 0 Å². The van der Waals surface area contributed by atoms with Crippen molar-refractivity contribution in [1.82, 2.24) is 0 Å². The van der Waals surface area contributed by atoms with Crippen molar-refractivity contribution >= 4 is 5.78 Å². The Morgan fingerprint density at radius 1 is 1.28 bits per heavy atom. The Kier molecular flexibility index (Phi) is 5.96. The Hall–Kier alpha value is -1.25. The summed E-state index contributed by atoms with van der Waals surface area (Å²) in [5.41, 5.74) is -0.120. The van der Waals surface area contributed by atoms with E-state index in [4.69, 9.17) is 0 Å².